The summed E-state index contributed by atoms with van der Waals surface area (Å²) in [5, 5.41) is 3.43. The van der Waals surface area contributed by atoms with Crippen LogP contribution < -0.4 is 5.32 Å². The van der Waals surface area contributed by atoms with Crippen LogP contribution in [0.15, 0.2) is 42.6 Å². The van der Waals surface area contributed by atoms with E-state index in [4.69, 9.17) is 0 Å². The normalized spacial score (nSPS) is 10.5. The highest BCUT2D eigenvalue weighted by Crippen LogP contribution is 2.15. The van der Waals surface area contributed by atoms with Crippen LogP contribution in [0.4, 0.5) is 0 Å². The number of nitrogens with one attached hydrogen (secondary N) is 1. The Bertz CT molecular complexity index is 448. The molecule has 2 rings (SSSR count). The van der Waals surface area contributed by atoms with Gasteiger partial charge >= 0.3 is 0 Å². The molecule has 0 aliphatic rings. The van der Waals surface area contributed by atoms with E-state index < -0.39 is 0 Å². The fourth-order valence-electron chi connectivity index (χ4n) is 1.78. The van der Waals surface area contributed by atoms with Gasteiger partial charge in [0.05, 0.1) is 0 Å². The van der Waals surface area contributed by atoms with Gasteiger partial charge in [0.2, 0.25) is 0 Å². The lowest BCUT2D eigenvalue weighted by Crippen LogP contribution is -2.14. The van der Waals surface area contributed by atoms with E-state index in [9.17, 15) is 0 Å². The largest absolute Gasteiger partial charge is 0.321 e. The molecular formula is C16H19N2-. The van der Waals surface area contributed by atoms with Crippen LogP contribution in [0.2, 0.25) is 0 Å². The third kappa shape index (κ3) is 3.67. The van der Waals surface area contributed by atoms with Crippen molar-refractivity contribution in [3.63, 3.8) is 0 Å². The second kappa shape index (κ2) is 6.92. The predicted molar refractivity (Wildman–Crippen MR) is 75.1 cm³/mol. The molecule has 2 heteroatoms. The van der Waals surface area contributed by atoms with Gasteiger partial charge in [0.25, 0.3) is 0 Å². The molecule has 2 aromatic rings. The van der Waals surface area contributed by atoms with E-state index in [0.717, 1.165) is 24.3 Å². The molecule has 0 fully saturated rings. The van der Waals surface area contributed by atoms with Gasteiger partial charge < -0.3 is 10.3 Å². The molecule has 0 bridgehead atoms. The highest BCUT2D eigenvalue weighted by molar-refractivity contribution is 5.58. The number of unbranched alkanes of at least 4 members (excludes halogenated alkanes) is 1. The van der Waals surface area contributed by atoms with Crippen LogP contribution in [0, 0.1) is 6.07 Å². The first-order valence-corrected chi connectivity index (χ1v) is 6.53. The van der Waals surface area contributed by atoms with Crippen molar-refractivity contribution in [2.45, 2.75) is 26.3 Å². The molecule has 0 unspecified atom stereocenters. The lowest BCUT2D eigenvalue weighted by Gasteiger charge is -2.11. The van der Waals surface area contributed by atoms with Gasteiger partial charge in [-0.3, -0.25) is 0 Å². The first kappa shape index (κ1) is 12.8. The van der Waals surface area contributed by atoms with Crippen LogP contribution in [0.25, 0.3) is 11.3 Å². The lowest BCUT2D eigenvalue weighted by molar-refractivity contribution is 0.641. The maximum atomic E-state index is 4.32. The number of rotatable bonds is 6. The Hall–Kier alpha value is -1.67. The maximum absolute atomic E-state index is 4.32. The zero-order chi connectivity index (χ0) is 12.6. The van der Waals surface area contributed by atoms with Gasteiger partial charge in [-0.25, -0.2) is 0 Å². The van der Waals surface area contributed by atoms with Gasteiger partial charge in [-0.1, -0.05) is 25.5 Å². The molecule has 1 aromatic carbocycles. The van der Waals surface area contributed by atoms with Crippen molar-refractivity contribution in [3.05, 3.63) is 54.2 Å². The zero-order valence-corrected chi connectivity index (χ0v) is 10.8. The second-order valence-electron chi connectivity index (χ2n) is 4.36. The van der Waals surface area contributed by atoms with Crippen LogP contribution in [0.5, 0.6) is 0 Å². The summed E-state index contributed by atoms with van der Waals surface area (Å²) in [6, 6.07) is 15.5. The number of hydrogen-bond acceptors (Lipinski definition) is 2. The average molecular weight is 239 g/mol. The minimum atomic E-state index is 0.916. The molecule has 0 aliphatic heterocycles. The summed E-state index contributed by atoms with van der Waals surface area (Å²) in [4.78, 5) is 4.32. The van der Waals surface area contributed by atoms with Gasteiger partial charge in [-0.15, -0.1) is 35.4 Å². The first-order valence-electron chi connectivity index (χ1n) is 6.53. The van der Waals surface area contributed by atoms with Crippen molar-refractivity contribution in [2.75, 3.05) is 6.54 Å². The Kier molecular flexibility index (Phi) is 4.91. The van der Waals surface area contributed by atoms with Crippen molar-refractivity contribution in [3.8, 4) is 11.3 Å². The van der Waals surface area contributed by atoms with Crippen LogP contribution >= 0.6 is 0 Å². The second-order valence-corrected chi connectivity index (χ2v) is 4.36. The minimum Gasteiger partial charge on any atom is -0.321 e. The highest BCUT2D eigenvalue weighted by Gasteiger charge is 1.91. The molecule has 1 heterocycles. The Morgan fingerprint density at radius 2 is 2.17 bits per heavy atom. The third-order valence-electron chi connectivity index (χ3n) is 2.85. The molecule has 0 radical (unpaired) electrons. The molecule has 0 atom stereocenters. The van der Waals surface area contributed by atoms with E-state index >= 15 is 0 Å². The molecule has 0 amide bonds. The summed E-state index contributed by atoms with van der Waals surface area (Å²) >= 11 is 0. The molecular weight excluding hydrogens is 220 g/mol. The number of aromatic nitrogens is 1. The molecule has 1 N–H and O–H groups in total. The van der Waals surface area contributed by atoms with Crippen LogP contribution in [0.3, 0.4) is 0 Å². The summed E-state index contributed by atoms with van der Waals surface area (Å²) in [6.07, 6.45) is 4.27. The van der Waals surface area contributed by atoms with Gasteiger partial charge in [0.15, 0.2) is 0 Å². The summed E-state index contributed by atoms with van der Waals surface area (Å²) < 4.78 is 0. The Morgan fingerprint density at radius 3 is 2.83 bits per heavy atom. The van der Waals surface area contributed by atoms with Gasteiger partial charge in [-0.2, -0.15) is 0 Å². The molecule has 2 nitrogen and oxygen atoms in total. The summed E-state index contributed by atoms with van der Waals surface area (Å²) in [6.45, 7) is 4.20. The van der Waals surface area contributed by atoms with Crippen LogP contribution in [-0.4, -0.2) is 11.5 Å². The summed E-state index contributed by atoms with van der Waals surface area (Å²) in [7, 11) is 0. The van der Waals surface area contributed by atoms with Gasteiger partial charge in [0.1, 0.15) is 0 Å². The third-order valence-corrected chi connectivity index (χ3v) is 2.85. The van der Waals surface area contributed by atoms with E-state index in [1.165, 1.54) is 18.4 Å². The Morgan fingerprint density at radius 1 is 1.22 bits per heavy atom. The predicted octanol–water partition coefficient (Wildman–Crippen LogP) is 3.44. The molecule has 1 aromatic heterocycles. The SMILES string of the molecule is CCCCNCc1c[c-]c(-c2ccccn2)cc1. The van der Waals surface area contributed by atoms with E-state index in [2.05, 4.69) is 35.4 Å². The standard InChI is InChI=1S/C16H19N2/c1-2-3-11-17-13-14-7-9-15(10-8-14)16-6-4-5-12-18-16/h4-9,12,17H,2-3,11,13H2,1H3/q-1. The number of benzene rings is 1. The topological polar surface area (TPSA) is 24.9 Å². The van der Waals surface area contributed by atoms with E-state index in [0.29, 0.717) is 0 Å². The summed E-state index contributed by atoms with van der Waals surface area (Å²) in [5.74, 6) is 0. The summed E-state index contributed by atoms with van der Waals surface area (Å²) in [5.41, 5.74) is 3.29. The highest BCUT2D eigenvalue weighted by atomic mass is 14.8. The monoisotopic (exact) mass is 239 g/mol. The fourth-order valence-corrected chi connectivity index (χ4v) is 1.78. The molecule has 0 saturated heterocycles. The van der Waals surface area contributed by atoms with Crippen LogP contribution in [-0.2, 0) is 6.54 Å². The quantitative estimate of drug-likeness (QED) is 0.617. The van der Waals surface area contributed by atoms with Crippen molar-refractivity contribution in [1.82, 2.24) is 10.3 Å². The fraction of sp³-hybridized carbons (Fsp3) is 0.312. The van der Waals surface area contributed by atoms with E-state index in [-0.39, 0.29) is 0 Å². The van der Waals surface area contributed by atoms with Crippen molar-refractivity contribution < 1.29 is 0 Å². The zero-order valence-electron chi connectivity index (χ0n) is 10.8. The lowest BCUT2D eigenvalue weighted by atomic mass is 10.1. The number of pyridine rings is 1. The molecule has 0 saturated carbocycles. The van der Waals surface area contributed by atoms with Gasteiger partial charge in [0, 0.05) is 6.20 Å². The van der Waals surface area contributed by atoms with Crippen LogP contribution in [0.1, 0.15) is 25.3 Å². The van der Waals surface area contributed by atoms with Crippen molar-refractivity contribution >= 4 is 0 Å². The number of hydrogen-bond donors (Lipinski definition) is 1. The van der Waals surface area contributed by atoms with Gasteiger partial charge in [-0.05, 0) is 31.3 Å². The Labute approximate surface area is 109 Å². The van der Waals surface area contributed by atoms with E-state index in [1.807, 2.05) is 30.5 Å². The Balaban J connectivity index is 1.94. The molecule has 0 aliphatic carbocycles. The van der Waals surface area contributed by atoms with E-state index in [1.54, 1.807) is 0 Å². The smallest absolute Gasteiger partial charge is 0.0160 e. The van der Waals surface area contributed by atoms with Crippen molar-refractivity contribution in [1.29, 1.82) is 0 Å². The molecule has 0 spiro atoms. The number of nitrogens with zero attached hydrogens (tertiary/aromatic N) is 1. The molecule has 94 valence electrons. The first-order chi connectivity index (χ1) is 8.90. The minimum absolute atomic E-state index is 0.916. The average Bonchev–Trinajstić information content (AvgIpc) is 2.45. The maximum Gasteiger partial charge on any atom is 0.0160 e. The molecule has 18 heavy (non-hydrogen) atoms. The van der Waals surface area contributed by atoms with Crippen molar-refractivity contribution in [2.24, 2.45) is 0 Å².